The Balaban J connectivity index is 1.64. The smallest absolute Gasteiger partial charge is 0.358 e. The predicted octanol–water partition coefficient (Wildman–Crippen LogP) is 1.14. The van der Waals surface area contributed by atoms with E-state index in [1.807, 2.05) is 24.3 Å². The maximum absolute atomic E-state index is 13.6. The third-order valence-corrected chi connectivity index (χ3v) is 6.48. The van der Waals surface area contributed by atoms with E-state index in [4.69, 9.17) is 0 Å². The number of hydrogen-bond donors (Lipinski definition) is 1. The lowest BCUT2D eigenvalue weighted by Gasteiger charge is -2.42. The summed E-state index contributed by atoms with van der Waals surface area (Å²) < 4.78 is 5.41. The molecule has 10 heteroatoms. The molecule has 4 aromatic rings. The number of pyridine rings is 1. The van der Waals surface area contributed by atoms with Gasteiger partial charge in [-0.2, -0.15) is 4.68 Å². The average molecular weight is 431 g/mol. The third kappa shape index (κ3) is 2.53. The average Bonchev–Trinajstić information content (AvgIpc) is 3.34. The van der Waals surface area contributed by atoms with E-state index < -0.39 is 23.0 Å². The summed E-state index contributed by atoms with van der Waals surface area (Å²) in [5, 5.41) is 20.3. The maximum atomic E-state index is 13.6. The fourth-order valence-corrected chi connectivity index (χ4v) is 5.01. The lowest BCUT2D eigenvalue weighted by molar-refractivity contribution is -0.0659. The van der Waals surface area contributed by atoms with Crippen LogP contribution in [0.5, 0.6) is 0 Å². The second kappa shape index (κ2) is 6.86. The predicted molar refractivity (Wildman–Crippen MR) is 114 cm³/mol. The van der Waals surface area contributed by atoms with Crippen LogP contribution in [-0.4, -0.2) is 39.0 Å². The molecule has 1 saturated carbocycles. The van der Waals surface area contributed by atoms with Crippen LogP contribution in [0.3, 0.4) is 0 Å². The van der Waals surface area contributed by atoms with E-state index in [0.29, 0.717) is 30.0 Å². The Hall–Kier alpha value is -3.79. The van der Waals surface area contributed by atoms with E-state index in [-0.39, 0.29) is 6.54 Å². The van der Waals surface area contributed by atoms with E-state index in [1.54, 1.807) is 30.5 Å². The number of aliphatic hydroxyl groups is 1. The number of rotatable bonds is 3. The van der Waals surface area contributed by atoms with Gasteiger partial charge < -0.3 is 5.11 Å². The van der Waals surface area contributed by atoms with Gasteiger partial charge in [0.15, 0.2) is 5.82 Å². The van der Waals surface area contributed by atoms with Gasteiger partial charge >= 0.3 is 11.4 Å². The normalized spacial score (nSPS) is 21.6. The lowest BCUT2D eigenvalue weighted by atomic mass is 9.77. The molecule has 1 aliphatic carbocycles. The molecular weight excluding hydrogens is 410 g/mol. The molecule has 32 heavy (non-hydrogen) atoms. The molecule has 162 valence electrons. The van der Waals surface area contributed by atoms with Gasteiger partial charge in [-0.05, 0) is 37.1 Å². The van der Waals surface area contributed by atoms with Crippen LogP contribution in [0.15, 0.2) is 64.3 Å². The van der Waals surface area contributed by atoms with Crippen LogP contribution in [0.4, 0.5) is 0 Å². The third-order valence-electron chi connectivity index (χ3n) is 6.48. The number of benzene rings is 1. The van der Waals surface area contributed by atoms with E-state index in [9.17, 15) is 14.7 Å². The second-order valence-corrected chi connectivity index (χ2v) is 8.32. The molecule has 2 aliphatic rings. The number of nitrogens with zero attached hydrogens (tertiary/aromatic N) is 7. The van der Waals surface area contributed by atoms with Gasteiger partial charge in [-0.3, -0.25) is 4.98 Å². The van der Waals surface area contributed by atoms with Gasteiger partial charge in [0.25, 0.3) is 0 Å². The molecule has 0 spiro atoms. The minimum absolute atomic E-state index is 0.251. The number of aromatic nitrogens is 7. The summed E-state index contributed by atoms with van der Waals surface area (Å²) in [6.45, 7) is 0.251. The van der Waals surface area contributed by atoms with Gasteiger partial charge in [-0.1, -0.05) is 42.3 Å². The molecule has 4 heterocycles. The zero-order chi connectivity index (χ0) is 21.9. The Morgan fingerprint density at radius 3 is 2.62 bits per heavy atom. The van der Waals surface area contributed by atoms with E-state index in [2.05, 4.69) is 15.3 Å². The van der Waals surface area contributed by atoms with Gasteiger partial charge in [-0.25, -0.2) is 23.5 Å². The van der Waals surface area contributed by atoms with Crippen molar-refractivity contribution in [2.24, 2.45) is 0 Å². The van der Waals surface area contributed by atoms with E-state index >= 15 is 0 Å². The minimum atomic E-state index is -1.37. The summed E-state index contributed by atoms with van der Waals surface area (Å²) in [6.07, 6.45) is 4.35. The monoisotopic (exact) mass is 431 g/mol. The van der Waals surface area contributed by atoms with Crippen LogP contribution in [0, 0.1) is 0 Å². The van der Waals surface area contributed by atoms with Gasteiger partial charge in [0, 0.05) is 6.20 Å². The molecule has 0 radical (unpaired) electrons. The van der Waals surface area contributed by atoms with E-state index in [0.717, 1.165) is 23.1 Å². The Kier molecular flexibility index (Phi) is 4.06. The van der Waals surface area contributed by atoms with Crippen molar-refractivity contribution in [3.05, 3.63) is 87.1 Å². The first kappa shape index (κ1) is 18.9. The molecule has 0 amide bonds. The Morgan fingerprint density at radius 1 is 1.03 bits per heavy atom. The highest BCUT2D eigenvalue weighted by molar-refractivity contribution is 5.39. The van der Waals surface area contributed by atoms with Crippen LogP contribution < -0.4 is 11.4 Å². The summed E-state index contributed by atoms with van der Waals surface area (Å²) in [6, 6.07) is 13.7. The Labute approximate surface area is 182 Å². The molecule has 10 nitrogen and oxygen atoms in total. The van der Waals surface area contributed by atoms with Crippen molar-refractivity contribution >= 4 is 0 Å². The van der Waals surface area contributed by atoms with Crippen LogP contribution in [-0.2, 0) is 12.1 Å². The fraction of sp³-hybridized carbons (Fsp3) is 0.318. The first-order chi connectivity index (χ1) is 15.6. The summed E-state index contributed by atoms with van der Waals surface area (Å²) in [4.78, 5) is 31.5. The highest BCUT2D eigenvalue weighted by Gasteiger charge is 2.52. The Morgan fingerprint density at radius 2 is 1.84 bits per heavy atom. The fourth-order valence-electron chi connectivity index (χ4n) is 5.01. The first-order valence-electron chi connectivity index (χ1n) is 10.7. The standard InChI is InChI=1S/C22H21N7O3/c30-20-27(16-9-2-1-3-10-16)21(31)29-19-18(22(32)12-6-4-11-17(22)28(20)29)24-25-26(19)14-15-8-5-7-13-23-15/h1-3,5,7-10,13,17,32H,4,6,11-12,14H2. The number of fused-ring (bicyclic) bond motifs is 6. The Bertz CT molecular complexity index is 1420. The van der Waals surface area contributed by atoms with Gasteiger partial charge in [0.2, 0.25) is 0 Å². The van der Waals surface area contributed by atoms with Crippen molar-refractivity contribution in [3.8, 4) is 11.5 Å². The first-order valence-corrected chi connectivity index (χ1v) is 10.7. The molecule has 6 rings (SSSR count). The van der Waals surface area contributed by atoms with Crippen LogP contribution in [0.2, 0.25) is 0 Å². The number of hydrogen-bond acceptors (Lipinski definition) is 6. The zero-order valence-corrected chi connectivity index (χ0v) is 17.2. The van der Waals surface area contributed by atoms with Crippen LogP contribution >= 0.6 is 0 Å². The summed E-state index contributed by atoms with van der Waals surface area (Å²) in [5.74, 6) is 0.313. The molecule has 1 aliphatic heterocycles. The van der Waals surface area contributed by atoms with Crippen molar-refractivity contribution < 1.29 is 5.11 Å². The van der Waals surface area contributed by atoms with E-state index in [1.165, 1.54) is 14.0 Å². The molecule has 1 fully saturated rings. The van der Waals surface area contributed by atoms with Crippen molar-refractivity contribution in [1.29, 1.82) is 0 Å². The van der Waals surface area contributed by atoms with Gasteiger partial charge in [0.1, 0.15) is 11.3 Å². The highest BCUT2D eigenvalue weighted by atomic mass is 16.3. The molecule has 3 aromatic heterocycles. The van der Waals surface area contributed by atoms with Crippen molar-refractivity contribution in [2.45, 2.75) is 43.9 Å². The van der Waals surface area contributed by atoms with Crippen molar-refractivity contribution in [3.63, 3.8) is 0 Å². The molecule has 2 atom stereocenters. The quantitative estimate of drug-likeness (QED) is 0.521. The number of para-hydroxylation sites is 1. The zero-order valence-electron chi connectivity index (χ0n) is 17.2. The molecule has 1 aromatic carbocycles. The maximum Gasteiger partial charge on any atom is 0.358 e. The summed E-state index contributed by atoms with van der Waals surface area (Å²) in [5.41, 5.74) is -0.827. The molecule has 0 bridgehead atoms. The van der Waals surface area contributed by atoms with Crippen LogP contribution in [0.1, 0.15) is 43.1 Å². The second-order valence-electron chi connectivity index (χ2n) is 8.32. The largest absolute Gasteiger partial charge is 0.381 e. The summed E-state index contributed by atoms with van der Waals surface area (Å²) in [7, 11) is 0. The van der Waals surface area contributed by atoms with Gasteiger partial charge in [0.05, 0.1) is 24.0 Å². The SMILES string of the molecule is O=c1n(-c2ccccc2)c(=O)n2n1-c1c(nnn1Cc1ccccn1)C1(O)CCCCC21. The van der Waals surface area contributed by atoms with Crippen molar-refractivity contribution in [2.75, 3.05) is 0 Å². The minimum Gasteiger partial charge on any atom is -0.381 e. The summed E-state index contributed by atoms with van der Waals surface area (Å²) >= 11 is 0. The molecule has 0 saturated heterocycles. The van der Waals surface area contributed by atoms with Gasteiger partial charge in [-0.15, -0.1) is 5.10 Å². The topological polar surface area (TPSA) is 113 Å². The molecule has 2 unspecified atom stereocenters. The lowest BCUT2D eigenvalue weighted by Crippen LogP contribution is -2.50. The molecule has 1 N–H and O–H groups in total. The van der Waals surface area contributed by atoms with Crippen molar-refractivity contribution in [1.82, 2.24) is 33.9 Å². The molecular formula is C22H21N7O3. The van der Waals surface area contributed by atoms with Crippen LogP contribution in [0.25, 0.3) is 11.5 Å². The highest BCUT2D eigenvalue weighted by Crippen LogP contribution is 2.47.